The van der Waals surface area contributed by atoms with Gasteiger partial charge in [-0.3, -0.25) is 4.98 Å². The molecule has 1 aromatic heterocycles. The predicted octanol–water partition coefficient (Wildman–Crippen LogP) is 2.52. The van der Waals surface area contributed by atoms with Gasteiger partial charge in [-0.25, -0.2) is 8.78 Å². The summed E-state index contributed by atoms with van der Waals surface area (Å²) in [5.41, 5.74) is 1.36. The van der Waals surface area contributed by atoms with Gasteiger partial charge in [-0.2, -0.15) is 0 Å². The fourth-order valence-electron chi connectivity index (χ4n) is 1.45. The molecule has 0 aliphatic rings. The zero-order chi connectivity index (χ0) is 11.5. The van der Waals surface area contributed by atoms with Crippen LogP contribution in [0.25, 0.3) is 11.1 Å². The van der Waals surface area contributed by atoms with E-state index in [9.17, 15) is 8.78 Å². The average molecular weight is 221 g/mol. The molecule has 1 N–H and O–H groups in total. The van der Waals surface area contributed by atoms with E-state index in [2.05, 4.69) is 4.98 Å². The molecule has 2 nitrogen and oxygen atoms in total. The first-order chi connectivity index (χ1) is 7.70. The van der Waals surface area contributed by atoms with Gasteiger partial charge in [0.25, 0.3) is 0 Å². The van der Waals surface area contributed by atoms with Crippen LogP contribution in [-0.2, 0) is 6.61 Å². The van der Waals surface area contributed by atoms with Gasteiger partial charge in [0.1, 0.15) is 11.6 Å². The van der Waals surface area contributed by atoms with Crippen molar-refractivity contribution >= 4 is 0 Å². The predicted molar refractivity (Wildman–Crippen MR) is 55.5 cm³/mol. The van der Waals surface area contributed by atoms with Gasteiger partial charge in [0.05, 0.1) is 12.8 Å². The van der Waals surface area contributed by atoms with Crippen LogP contribution in [0.5, 0.6) is 0 Å². The Bertz CT molecular complexity index is 514. The summed E-state index contributed by atoms with van der Waals surface area (Å²) < 4.78 is 26.0. The quantitative estimate of drug-likeness (QED) is 0.845. The number of halogens is 2. The highest BCUT2D eigenvalue weighted by Crippen LogP contribution is 2.21. The largest absolute Gasteiger partial charge is 0.392 e. The van der Waals surface area contributed by atoms with E-state index in [4.69, 9.17) is 5.11 Å². The van der Waals surface area contributed by atoms with Crippen molar-refractivity contribution in [3.8, 4) is 11.1 Å². The number of hydrogen-bond donors (Lipinski definition) is 1. The molecule has 16 heavy (non-hydrogen) atoms. The lowest BCUT2D eigenvalue weighted by Gasteiger charge is -2.04. The maximum atomic E-state index is 13.1. The second-order valence-corrected chi connectivity index (χ2v) is 3.36. The smallest absolute Gasteiger partial charge is 0.142 e. The minimum absolute atomic E-state index is 0.182. The Morgan fingerprint density at radius 2 is 1.88 bits per heavy atom. The molecule has 1 heterocycles. The van der Waals surface area contributed by atoms with Gasteiger partial charge in [0.2, 0.25) is 0 Å². The lowest BCUT2D eigenvalue weighted by atomic mass is 10.0. The lowest BCUT2D eigenvalue weighted by Crippen LogP contribution is -1.91. The molecule has 2 rings (SSSR count). The van der Waals surface area contributed by atoms with E-state index in [-0.39, 0.29) is 12.2 Å². The first-order valence-electron chi connectivity index (χ1n) is 4.71. The molecule has 0 unspecified atom stereocenters. The van der Waals surface area contributed by atoms with Gasteiger partial charge in [-0.05, 0) is 23.8 Å². The maximum Gasteiger partial charge on any atom is 0.142 e. The van der Waals surface area contributed by atoms with Gasteiger partial charge in [0.15, 0.2) is 0 Å². The summed E-state index contributed by atoms with van der Waals surface area (Å²) in [7, 11) is 0. The molecule has 0 spiro atoms. The monoisotopic (exact) mass is 221 g/mol. The van der Waals surface area contributed by atoms with Crippen molar-refractivity contribution in [3.63, 3.8) is 0 Å². The van der Waals surface area contributed by atoms with Crippen molar-refractivity contribution in [3.05, 3.63) is 53.9 Å². The van der Waals surface area contributed by atoms with Gasteiger partial charge < -0.3 is 5.11 Å². The average Bonchev–Trinajstić information content (AvgIpc) is 2.29. The molecule has 0 saturated carbocycles. The van der Waals surface area contributed by atoms with Crippen molar-refractivity contribution in [2.75, 3.05) is 0 Å². The Morgan fingerprint density at radius 3 is 2.56 bits per heavy atom. The Hall–Kier alpha value is -1.81. The number of rotatable bonds is 2. The highest BCUT2D eigenvalue weighted by Gasteiger charge is 2.05. The topological polar surface area (TPSA) is 33.1 Å². The number of pyridine rings is 1. The molecule has 4 heteroatoms. The minimum atomic E-state index is -0.476. The number of benzene rings is 1. The summed E-state index contributed by atoms with van der Waals surface area (Å²) in [6.07, 6.45) is 2.58. The van der Waals surface area contributed by atoms with Crippen LogP contribution in [0.3, 0.4) is 0 Å². The zero-order valence-corrected chi connectivity index (χ0v) is 8.32. The second-order valence-electron chi connectivity index (χ2n) is 3.36. The van der Waals surface area contributed by atoms with E-state index in [0.29, 0.717) is 11.1 Å². The van der Waals surface area contributed by atoms with Crippen molar-refractivity contribution in [2.24, 2.45) is 0 Å². The number of aliphatic hydroxyl groups is 1. The third-order valence-electron chi connectivity index (χ3n) is 2.25. The van der Waals surface area contributed by atoms with Crippen molar-refractivity contribution < 1.29 is 13.9 Å². The standard InChI is InChI=1S/C12H9F2NO/c13-11-4-9(5-15-6-11)8-1-2-12(14)10(3-8)7-16/h1-6,16H,7H2. The van der Waals surface area contributed by atoms with Crippen LogP contribution in [0.4, 0.5) is 8.78 Å². The SMILES string of the molecule is OCc1cc(-c2cncc(F)c2)ccc1F. The summed E-state index contributed by atoms with van der Waals surface area (Å²) in [5.74, 6) is -0.928. The van der Waals surface area contributed by atoms with Gasteiger partial charge in [0, 0.05) is 17.3 Å². The van der Waals surface area contributed by atoms with E-state index in [1.165, 1.54) is 30.5 Å². The minimum Gasteiger partial charge on any atom is -0.392 e. The third kappa shape index (κ3) is 2.06. The number of nitrogens with zero attached hydrogens (tertiary/aromatic N) is 1. The van der Waals surface area contributed by atoms with Crippen LogP contribution in [0, 0.1) is 11.6 Å². The van der Waals surface area contributed by atoms with Crippen molar-refractivity contribution in [2.45, 2.75) is 6.61 Å². The fraction of sp³-hybridized carbons (Fsp3) is 0.0833. The highest BCUT2D eigenvalue weighted by molar-refractivity contribution is 5.63. The van der Waals surface area contributed by atoms with Gasteiger partial charge in [-0.1, -0.05) is 6.07 Å². The maximum absolute atomic E-state index is 13.1. The molecule has 0 amide bonds. The Morgan fingerprint density at radius 1 is 1.06 bits per heavy atom. The molecule has 0 saturated heterocycles. The molecule has 2 aromatic rings. The Labute approximate surface area is 91.2 Å². The molecule has 82 valence electrons. The van der Waals surface area contributed by atoms with E-state index in [1.807, 2.05) is 0 Å². The summed E-state index contributed by atoms with van der Waals surface area (Å²) >= 11 is 0. The van der Waals surface area contributed by atoms with E-state index >= 15 is 0 Å². The molecule has 0 radical (unpaired) electrons. The van der Waals surface area contributed by atoms with Crippen LogP contribution < -0.4 is 0 Å². The molecular weight excluding hydrogens is 212 g/mol. The fourth-order valence-corrected chi connectivity index (χ4v) is 1.45. The van der Waals surface area contributed by atoms with E-state index in [0.717, 1.165) is 6.20 Å². The lowest BCUT2D eigenvalue weighted by molar-refractivity contribution is 0.276. The highest BCUT2D eigenvalue weighted by atomic mass is 19.1. The Balaban J connectivity index is 2.48. The number of hydrogen-bond acceptors (Lipinski definition) is 2. The van der Waals surface area contributed by atoms with E-state index in [1.54, 1.807) is 0 Å². The molecule has 0 fully saturated rings. The molecule has 0 aliphatic carbocycles. The zero-order valence-electron chi connectivity index (χ0n) is 8.32. The van der Waals surface area contributed by atoms with Crippen LogP contribution in [0.2, 0.25) is 0 Å². The van der Waals surface area contributed by atoms with Gasteiger partial charge in [-0.15, -0.1) is 0 Å². The summed E-state index contributed by atoms with van der Waals surface area (Å²) in [6.45, 7) is -0.386. The first kappa shape index (κ1) is 10.7. The first-order valence-corrected chi connectivity index (χ1v) is 4.71. The van der Waals surface area contributed by atoms with Gasteiger partial charge >= 0.3 is 0 Å². The molecule has 0 bridgehead atoms. The van der Waals surface area contributed by atoms with Crippen molar-refractivity contribution in [1.82, 2.24) is 4.98 Å². The van der Waals surface area contributed by atoms with Crippen LogP contribution >= 0.6 is 0 Å². The molecule has 0 aliphatic heterocycles. The van der Waals surface area contributed by atoms with E-state index < -0.39 is 11.6 Å². The molecular formula is C12H9F2NO. The normalized spacial score (nSPS) is 10.4. The summed E-state index contributed by atoms with van der Waals surface area (Å²) in [5, 5.41) is 8.91. The molecule has 0 atom stereocenters. The molecule has 1 aromatic carbocycles. The van der Waals surface area contributed by atoms with Crippen LogP contribution in [-0.4, -0.2) is 10.1 Å². The summed E-state index contributed by atoms with van der Waals surface area (Å²) in [4.78, 5) is 3.71. The van der Waals surface area contributed by atoms with Crippen molar-refractivity contribution in [1.29, 1.82) is 0 Å². The second kappa shape index (κ2) is 4.37. The third-order valence-corrected chi connectivity index (χ3v) is 2.25. The summed E-state index contributed by atoms with van der Waals surface area (Å²) in [6, 6.07) is 5.55. The van der Waals surface area contributed by atoms with Crippen LogP contribution in [0.1, 0.15) is 5.56 Å². The Kier molecular flexibility index (Phi) is 2.92. The number of aliphatic hydroxyl groups excluding tert-OH is 1. The van der Waals surface area contributed by atoms with Crippen LogP contribution in [0.15, 0.2) is 36.7 Å². The number of aromatic nitrogens is 1.